The van der Waals surface area contributed by atoms with Crippen LogP contribution in [0.3, 0.4) is 0 Å². The number of carbonyl (C=O) groups is 1. The van der Waals surface area contributed by atoms with Gasteiger partial charge in [0.2, 0.25) is 0 Å². The first kappa shape index (κ1) is 14.0. The van der Waals surface area contributed by atoms with Gasteiger partial charge in [-0.1, -0.05) is 31.0 Å². The molecule has 3 rings (SSSR count). The van der Waals surface area contributed by atoms with Gasteiger partial charge in [0.05, 0.1) is 6.04 Å². The number of para-hydroxylation sites is 1. The fourth-order valence-corrected chi connectivity index (χ4v) is 2.92. The van der Waals surface area contributed by atoms with Crippen LogP contribution in [0, 0.1) is 0 Å². The molecule has 2 aromatic rings. The summed E-state index contributed by atoms with van der Waals surface area (Å²) in [5.41, 5.74) is 0.865. The summed E-state index contributed by atoms with van der Waals surface area (Å²) < 4.78 is 5.85. The maximum atomic E-state index is 12.3. The van der Waals surface area contributed by atoms with Gasteiger partial charge in [-0.15, -0.1) is 0 Å². The lowest BCUT2D eigenvalue weighted by Crippen LogP contribution is -2.42. The summed E-state index contributed by atoms with van der Waals surface area (Å²) in [4.78, 5) is 14.0. The lowest BCUT2D eigenvalue weighted by atomic mass is 10.2. The zero-order valence-corrected chi connectivity index (χ0v) is 12.6. The van der Waals surface area contributed by atoms with Crippen molar-refractivity contribution < 1.29 is 9.21 Å². The molecular formula is C17H22N2O2. The normalized spacial score (nSPS) is 17.0. The monoisotopic (exact) mass is 286 g/mol. The van der Waals surface area contributed by atoms with Gasteiger partial charge < -0.3 is 14.6 Å². The maximum Gasteiger partial charge on any atom is 0.317 e. The van der Waals surface area contributed by atoms with Gasteiger partial charge in [-0.05, 0) is 31.9 Å². The number of amides is 2. The molecule has 1 fully saturated rings. The third-order valence-electron chi connectivity index (χ3n) is 4.44. The molecule has 0 spiro atoms. The summed E-state index contributed by atoms with van der Waals surface area (Å²) in [6.45, 7) is 1.99. The van der Waals surface area contributed by atoms with Crippen molar-refractivity contribution in [1.29, 1.82) is 0 Å². The van der Waals surface area contributed by atoms with Gasteiger partial charge >= 0.3 is 6.03 Å². The van der Waals surface area contributed by atoms with Gasteiger partial charge in [0.1, 0.15) is 11.3 Å². The lowest BCUT2D eigenvalue weighted by Gasteiger charge is -2.25. The summed E-state index contributed by atoms with van der Waals surface area (Å²) in [5, 5.41) is 4.18. The topological polar surface area (TPSA) is 45.5 Å². The molecule has 1 unspecified atom stereocenters. The highest BCUT2D eigenvalue weighted by Gasteiger charge is 2.24. The summed E-state index contributed by atoms with van der Waals surface area (Å²) in [6, 6.07) is 10.2. The van der Waals surface area contributed by atoms with Crippen LogP contribution in [0.4, 0.5) is 4.79 Å². The fourth-order valence-electron chi connectivity index (χ4n) is 2.92. The van der Waals surface area contributed by atoms with Crippen LogP contribution in [0.25, 0.3) is 11.0 Å². The number of hydrogen-bond acceptors (Lipinski definition) is 2. The number of rotatable bonds is 3. The van der Waals surface area contributed by atoms with Crippen LogP contribution in [-0.4, -0.2) is 24.0 Å². The van der Waals surface area contributed by atoms with E-state index in [4.69, 9.17) is 4.42 Å². The smallest absolute Gasteiger partial charge is 0.317 e. The van der Waals surface area contributed by atoms with Gasteiger partial charge in [0, 0.05) is 18.5 Å². The predicted molar refractivity (Wildman–Crippen MR) is 83.2 cm³/mol. The zero-order valence-electron chi connectivity index (χ0n) is 12.6. The highest BCUT2D eigenvalue weighted by molar-refractivity contribution is 5.78. The predicted octanol–water partition coefficient (Wildman–Crippen LogP) is 4.08. The summed E-state index contributed by atoms with van der Waals surface area (Å²) >= 11 is 0. The van der Waals surface area contributed by atoms with E-state index < -0.39 is 0 Å². The second-order valence-corrected chi connectivity index (χ2v) is 5.90. The van der Waals surface area contributed by atoms with Crippen LogP contribution in [-0.2, 0) is 0 Å². The molecular weight excluding hydrogens is 264 g/mol. The Hall–Kier alpha value is -1.97. The van der Waals surface area contributed by atoms with E-state index in [1.165, 1.54) is 12.8 Å². The number of nitrogens with one attached hydrogen (secondary N) is 1. The number of furan rings is 1. The molecule has 1 saturated carbocycles. The Balaban J connectivity index is 1.70. The van der Waals surface area contributed by atoms with Crippen LogP contribution in [0.15, 0.2) is 34.7 Å². The third kappa shape index (κ3) is 2.89. The highest BCUT2D eigenvalue weighted by atomic mass is 16.3. The molecule has 2 amide bonds. The van der Waals surface area contributed by atoms with Gasteiger partial charge in [-0.25, -0.2) is 4.79 Å². The maximum absolute atomic E-state index is 12.3. The van der Waals surface area contributed by atoms with E-state index >= 15 is 0 Å². The van der Waals surface area contributed by atoms with E-state index in [1.807, 2.05) is 44.3 Å². The summed E-state index contributed by atoms with van der Waals surface area (Å²) in [6.07, 6.45) is 4.62. The van der Waals surface area contributed by atoms with E-state index in [0.29, 0.717) is 6.04 Å². The van der Waals surface area contributed by atoms with E-state index in [9.17, 15) is 4.79 Å². The average Bonchev–Trinajstić information content (AvgIpc) is 3.14. The van der Waals surface area contributed by atoms with E-state index in [2.05, 4.69) is 5.32 Å². The Labute approximate surface area is 125 Å². The van der Waals surface area contributed by atoms with Crippen LogP contribution in [0.2, 0.25) is 0 Å². The van der Waals surface area contributed by atoms with Crippen LogP contribution >= 0.6 is 0 Å². The van der Waals surface area contributed by atoms with Crippen molar-refractivity contribution in [3.63, 3.8) is 0 Å². The molecule has 1 N–H and O–H groups in total. The second-order valence-electron chi connectivity index (χ2n) is 5.90. The molecule has 0 radical (unpaired) electrons. The molecule has 1 heterocycles. The molecule has 1 aromatic carbocycles. The first-order chi connectivity index (χ1) is 10.1. The van der Waals surface area contributed by atoms with Crippen LogP contribution in [0.1, 0.15) is 44.4 Å². The molecule has 112 valence electrons. The van der Waals surface area contributed by atoms with E-state index in [0.717, 1.165) is 29.6 Å². The molecule has 21 heavy (non-hydrogen) atoms. The quantitative estimate of drug-likeness (QED) is 0.924. The minimum atomic E-state index is -0.0844. The van der Waals surface area contributed by atoms with Crippen molar-refractivity contribution >= 4 is 17.0 Å². The first-order valence-electron chi connectivity index (χ1n) is 7.67. The minimum absolute atomic E-state index is 0.0187. The van der Waals surface area contributed by atoms with Gasteiger partial charge in [-0.2, -0.15) is 0 Å². The Bertz CT molecular complexity index is 596. The number of nitrogens with zero attached hydrogens (tertiary/aromatic N) is 1. The molecule has 1 aliphatic rings. The Kier molecular flexibility index (Phi) is 3.86. The van der Waals surface area contributed by atoms with Gasteiger partial charge in [0.15, 0.2) is 0 Å². The molecule has 4 heteroatoms. The second kappa shape index (κ2) is 5.80. The number of carbonyl (C=O) groups excluding carboxylic acids is 1. The van der Waals surface area contributed by atoms with Crippen LogP contribution < -0.4 is 5.32 Å². The SMILES string of the molecule is CC(c1cc2ccccc2o1)N(C)C(=O)NC1CCCC1. The molecule has 0 bridgehead atoms. The standard InChI is InChI=1S/C17H22N2O2/c1-12(16-11-13-7-3-6-10-15(13)21-16)19(2)17(20)18-14-8-4-5-9-14/h3,6-7,10-12,14H,4-5,8-9H2,1-2H3,(H,18,20). The van der Waals surface area contributed by atoms with E-state index in [-0.39, 0.29) is 12.1 Å². The van der Waals surface area contributed by atoms with Gasteiger partial charge in [0.25, 0.3) is 0 Å². The number of benzene rings is 1. The average molecular weight is 286 g/mol. The molecule has 1 aliphatic carbocycles. The number of fused-ring (bicyclic) bond motifs is 1. The van der Waals surface area contributed by atoms with Crippen molar-refractivity contribution in [2.24, 2.45) is 0 Å². The largest absolute Gasteiger partial charge is 0.459 e. The van der Waals surface area contributed by atoms with Crippen molar-refractivity contribution in [2.75, 3.05) is 7.05 Å². The number of urea groups is 1. The van der Waals surface area contributed by atoms with Crippen molar-refractivity contribution in [3.05, 3.63) is 36.1 Å². The zero-order chi connectivity index (χ0) is 14.8. The van der Waals surface area contributed by atoms with Crippen molar-refractivity contribution in [3.8, 4) is 0 Å². The molecule has 0 saturated heterocycles. The Morgan fingerprint density at radius 2 is 2.05 bits per heavy atom. The fraction of sp³-hybridized carbons (Fsp3) is 0.471. The van der Waals surface area contributed by atoms with E-state index in [1.54, 1.807) is 4.90 Å². The molecule has 1 aromatic heterocycles. The minimum Gasteiger partial charge on any atom is -0.459 e. The third-order valence-corrected chi connectivity index (χ3v) is 4.44. The Morgan fingerprint density at radius 3 is 2.76 bits per heavy atom. The van der Waals surface area contributed by atoms with Crippen LogP contribution in [0.5, 0.6) is 0 Å². The lowest BCUT2D eigenvalue weighted by molar-refractivity contribution is 0.184. The molecule has 0 aliphatic heterocycles. The first-order valence-corrected chi connectivity index (χ1v) is 7.67. The highest BCUT2D eigenvalue weighted by Crippen LogP contribution is 2.27. The summed E-state index contributed by atoms with van der Waals surface area (Å²) in [7, 11) is 1.82. The Morgan fingerprint density at radius 1 is 1.33 bits per heavy atom. The van der Waals surface area contributed by atoms with Crippen molar-refractivity contribution in [1.82, 2.24) is 10.2 Å². The number of hydrogen-bond donors (Lipinski definition) is 1. The van der Waals surface area contributed by atoms with Crippen molar-refractivity contribution in [2.45, 2.75) is 44.7 Å². The summed E-state index contributed by atoms with van der Waals surface area (Å²) in [5.74, 6) is 0.820. The molecule has 1 atom stereocenters. The molecule has 4 nitrogen and oxygen atoms in total. The van der Waals surface area contributed by atoms with Gasteiger partial charge in [-0.3, -0.25) is 0 Å².